The number of unbranched alkanes of at least 4 members (excludes halogenated alkanes) is 5. The molecule has 0 spiro atoms. The summed E-state index contributed by atoms with van der Waals surface area (Å²) in [7, 11) is -3.85. The van der Waals surface area contributed by atoms with Crippen LogP contribution in [0.15, 0.2) is 110 Å². The second kappa shape index (κ2) is 16.2. The van der Waals surface area contributed by atoms with E-state index in [1.54, 1.807) is 6.08 Å². The second-order valence-corrected chi connectivity index (χ2v) is 12.8. The molecule has 7 heteroatoms. The topological polar surface area (TPSA) is 87.2 Å². The molecule has 2 heterocycles. The summed E-state index contributed by atoms with van der Waals surface area (Å²) in [5.41, 5.74) is 8.40. The molecular formula is C37H43N3O3P+. The van der Waals surface area contributed by atoms with Crippen LogP contribution in [0.25, 0.3) is 39.3 Å². The molecule has 0 aliphatic carbocycles. The van der Waals surface area contributed by atoms with E-state index in [2.05, 4.69) is 90.3 Å². The number of allylic oxidation sites excluding steroid dienone is 5. The Kier molecular flexibility index (Phi) is 12.1. The van der Waals surface area contributed by atoms with Crippen LogP contribution in [-0.2, 0) is 11.1 Å². The fourth-order valence-electron chi connectivity index (χ4n) is 5.16. The van der Waals surface area contributed by atoms with Crippen LogP contribution in [-0.4, -0.2) is 25.9 Å². The summed E-state index contributed by atoms with van der Waals surface area (Å²) >= 11 is 0. The number of pyridine rings is 1. The van der Waals surface area contributed by atoms with Gasteiger partial charge in [0.2, 0.25) is 0 Å². The van der Waals surface area contributed by atoms with Gasteiger partial charge < -0.3 is 9.79 Å². The molecule has 228 valence electrons. The molecule has 44 heavy (non-hydrogen) atoms. The Morgan fingerprint density at radius 3 is 2.05 bits per heavy atom. The fourth-order valence-corrected chi connectivity index (χ4v) is 5.80. The van der Waals surface area contributed by atoms with E-state index in [0.717, 1.165) is 77.9 Å². The highest BCUT2D eigenvalue weighted by molar-refractivity contribution is 7.51. The lowest BCUT2D eigenvalue weighted by atomic mass is 10.0. The Bertz CT molecular complexity index is 1620. The molecule has 0 radical (unpaired) electrons. The van der Waals surface area contributed by atoms with Crippen LogP contribution in [0.2, 0.25) is 0 Å². The summed E-state index contributed by atoms with van der Waals surface area (Å²) in [6, 6.07) is 23.2. The van der Waals surface area contributed by atoms with Gasteiger partial charge in [0.15, 0.2) is 18.2 Å². The van der Waals surface area contributed by atoms with Crippen molar-refractivity contribution < 1.29 is 18.9 Å². The molecule has 0 atom stereocenters. The van der Waals surface area contributed by atoms with Crippen molar-refractivity contribution in [1.82, 2.24) is 9.97 Å². The van der Waals surface area contributed by atoms with Crippen molar-refractivity contribution in [2.45, 2.75) is 58.9 Å². The van der Waals surface area contributed by atoms with Crippen LogP contribution in [0, 0.1) is 6.92 Å². The van der Waals surface area contributed by atoms with E-state index < -0.39 is 7.60 Å². The van der Waals surface area contributed by atoms with Gasteiger partial charge in [-0.25, -0.2) is 14.5 Å². The zero-order valence-electron chi connectivity index (χ0n) is 25.8. The molecule has 0 saturated carbocycles. The molecule has 0 unspecified atom stereocenters. The number of nitrogens with zero attached hydrogens (tertiary/aromatic N) is 3. The smallest absolute Gasteiger partial charge is 0.324 e. The van der Waals surface area contributed by atoms with Gasteiger partial charge >= 0.3 is 7.60 Å². The summed E-state index contributed by atoms with van der Waals surface area (Å²) in [5.74, 6) is 0.712. The molecule has 2 N–H and O–H groups in total. The molecule has 4 aromatic rings. The first-order valence-electron chi connectivity index (χ1n) is 15.3. The lowest BCUT2D eigenvalue weighted by Gasteiger charge is -2.09. The summed E-state index contributed by atoms with van der Waals surface area (Å²) in [6.07, 6.45) is 18.0. The summed E-state index contributed by atoms with van der Waals surface area (Å²) < 4.78 is 13.1. The van der Waals surface area contributed by atoms with Gasteiger partial charge in [-0.15, -0.1) is 0 Å². The van der Waals surface area contributed by atoms with Gasteiger partial charge in [-0.2, -0.15) is 0 Å². The Morgan fingerprint density at radius 1 is 0.818 bits per heavy atom. The van der Waals surface area contributed by atoms with Gasteiger partial charge in [0.1, 0.15) is 6.54 Å². The predicted molar refractivity (Wildman–Crippen MR) is 181 cm³/mol. The Labute approximate surface area is 261 Å². The molecule has 0 aliphatic rings. The molecule has 0 amide bonds. The van der Waals surface area contributed by atoms with Crippen molar-refractivity contribution in [2.75, 3.05) is 6.16 Å². The van der Waals surface area contributed by atoms with Crippen LogP contribution in [0.1, 0.15) is 56.7 Å². The first kappa shape index (κ1) is 32.9. The number of rotatable bonds is 15. The second-order valence-electron chi connectivity index (χ2n) is 11.1. The summed E-state index contributed by atoms with van der Waals surface area (Å²) in [6.45, 7) is 8.80. The molecule has 2 aromatic heterocycles. The monoisotopic (exact) mass is 608 g/mol. The van der Waals surface area contributed by atoms with Gasteiger partial charge in [-0.3, -0.25) is 4.57 Å². The SMILES string of the molecule is C=C/C=C(\C=C/C)c1ccc(-c2nc(C)cc(-c3ccc(-c4cc[n+](CCCCCCCCP(=O)(O)O)cc4)cc3)n2)cc1. The van der Waals surface area contributed by atoms with Crippen LogP contribution in [0.5, 0.6) is 0 Å². The van der Waals surface area contributed by atoms with E-state index in [-0.39, 0.29) is 6.16 Å². The molecule has 6 nitrogen and oxygen atoms in total. The molecule has 0 saturated heterocycles. The molecule has 2 aromatic carbocycles. The maximum Gasteiger partial charge on any atom is 0.325 e. The molecule has 4 rings (SSSR count). The van der Waals surface area contributed by atoms with Crippen molar-refractivity contribution in [3.8, 4) is 33.8 Å². The molecule has 0 fully saturated rings. The minimum absolute atomic E-state index is 0.00187. The number of hydrogen-bond acceptors (Lipinski definition) is 3. The maximum absolute atomic E-state index is 10.9. The van der Waals surface area contributed by atoms with Gasteiger partial charge in [0.25, 0.3) is 0 Å². The number of aryl methyl sites for hydroxylation is 2. The molecule has 0 bridgehead atoms. The average molecular weight is 609 g/mol. The van der Waals surface area contributed by atoms with Gasteiger partial charge in [-0.1, -0.05) is 98.7 Å². The average Bonchev–Trinajstić information content (AvgIpc) is 3.02. The third-order valence-corrected chi connectivity index (χ3v) is 8.39. The predicted octanol–water partition coefficient (Wildman–Crippen LogP) is 8.74. The number of hydrogen-bond donors (Lipinski definition) is 2. The lowest BCUT2D eigenvalue weighted by Crippen LogP contribution is -2.32. The zero-order chi connectivity index (χ0) is 31.4. The minimum Gasteiger partial charge on any atom is -0.324 e. The van der Waals surface area contributed by atoms with Crippen molar-refractivity contribution in [1.29, 1.82) is 0 Å². The first-order valence-corrected chi connectivity index (χ1v) is 17.1. The third-order valence-electron chi connectivity index (χ3n) is 7.50. The highest BCUT2D eigenvalue weighted by Crippen LogP contribution is 2.35. The van der Waals surface area contributed by atoms with Crippen LogP contribution < -0.4 is 4.57 Å². The number of aromatic nitrogens is 3. The maximum atomic E-state index is 10.9. The lowest BCUT2D eigenvalue weighted by molar-refractivity contribution is -0.697. The van der Waals surface area contributed by atoms with Crippen molar-refractivity contribution >= 4 is 13.2 Å². The quantitative estimate of drug-likeness (QED) is 0.0610. The first-order chi connectivity index (χ1) is 21.3. The Morgan fingerprint density at radius 2 is 1.41 bits per heavy atom. The standard InChI is InChI=1S/C37H42N3O3P/c1-4-12-30(13-5-2)31-16-20-35(21-17-31)37-38-29(3)28-36(39-37)34-18-14-32(15-19-34)33-22-25-40(26-23-33)24-10-8-6-7-9-11-27-44(41,42)43/h4-5,12-23,25-26,28H,1,6-11,24,27H2,2-3H3,(H-,41,42,43)/p+1/b13-5-,30-12+. The van der Waals surface area contributed by atoms with E-state index in [9.17, 15) is 4.57 Å². The van der Waals surface area contributed by atoms with Gasteiger partial charge in [0, 0.05) is 41.5 Å². The molecule has 0 aliphatic heterocycles. The number of benzene rings is 2. The van der Waals surface area contributed by atoms with E-state index in [4.69, 9.17) is 19.8 Å². The summed E-state index contributed by atoms with van der Waals surface area (Å²) in [4.78, 5) is 27.5. The van der Waals surface area contributed by atoms with Crippen LogP contribution >= 0.6 is 7.60 Å². The van der Waals surface area contributed by atoms with Crippen molar-refractivity contribution in [3.05, 3.63) is 121 Å². The van der Waals surface area contributed by atoms with Crippen molar-refractivity contribution in [3.63, 3.8) is 0 Å². The Hall–Kier alpha value is -3.96. The van der Waals surface area contributed by atoms with Crippen molar-refractivity contribution in [2.24, 2.45) is 0 Å². The fraction of sp³-hybridized carbons (Fsp3) is 0.270. The van der Waals surface area contributed by atoms with E-state index >= 15 is 0 Å². The van der Waals surface area contributed by atoms with Gasteiger partial charge in [-0.05, 0) is 55.0 Å². The highest BCUT2D eigenvalue weighted by atomic mass is 31.2. The third kappa shape index (κ3) is 10.1. The van der Waals surface area contributed by atoms with Crippen LogP contribution in [0.4, 0.5) is 0 Å². The van der Waals surface area contributed by atoms with E-state index in [1.165, 1.54) is 5.56 Å². The highest BCUT2D eigenvalue weighted by Gasteiger charge is 2.12. The minimum atomic E-state index is -3.85. The van der Waals surface area contributed by atoms with E-state index in [1.807, 2.05) is 32.1 Å². The normalized spacial score (nSPS) is 12.1. The molecular weight excluding hydrogens is 565 g/mol. The summed E-state index contributed by atoms with van der Waals surface area (Å²) in [5, 5.41) is 0. The van der Waals surface area contributed by atoms with Gasteiger partial charge in [0.05, 0.1) is 5.69 Å². The van der Waals surface area contributed by atoms with E-state index in [0.29, 0.717) is 12.2 Å². The Balaban J connectivity index is 1.35. The largest absolute Gasteiger partial charge is 0.325 e. The van der Waals surface area contributed by atoms with Crippen LogP contribution in [0.3, 0.4) is 0 Å². The zero-order valence-corrected chi connectivity index (χ0v) is 26.7.